The quantitative estimate of drug-likeness (QED) is 0.634. The van der Waals surface area contributed by atoms with Crippen LogP contribution in [0.4, 0.5) is 8.78 Å². The van der Waals surface area contributed by atoms with Gasteiger partial charge in [0.2, 0.25) is 0 Å². The van der Waals surface area contributed by atoms with E-state index < -0.39 is 11.6 Å². The van der Waals surface area contributed by atoms with Crippen LogP contribution in [0.1, 0.15) is 51.5 Å². The lowest BCUT2D eigenvalue weighted by Gasteiger charge is -2.33. The first-order chi connectivity index (χ1) is 10.5. The first-order valence-corrected chi connectivity index (χ1v) is 8.33. The molecule has 2 aliphatic rings. The summed E-state index contributed by atoms with van der Waals surface area (Å²) < 4.78 is 26.6. The fourth-order valence-corrected chi connectivity index (χ4v) is 3.71. The van der Waals surface area contributed by atoms with Gasteiger partial charge in [0, 0.05) is 5.41 Å². The fraction of sp³-hybridized carbons (Fsp3) is 0.500. The van der Waals surface area contributed by atoms with Crippen molar-refractivity contribution in [2.45, 2.75) is 51.4 Å². The molecular formula is C20H24F2. The zero-order valence-electron chi connectivity index (χ0n) is 13.4. The third-order valence-corrected chi connectivity index (χ3v) is 5.47. The Labute approximate surface area is 131 Å². The summed E-state index contributed by atoms with van der Waals surface area (Å²) in [6, 6.07) is 4.26. The van der Waals surface area contributed by atoms with E-state index in [0.29, 0.717) is 5.92 Å². The average molecular weight is 302 g/mol. The monoisotopic (exact) mass is 302 g/mol. The molecule has 0 spiro atoms. The molecule has 0 saturated heterocycles. The Hall–Kier alpha value is -1.44. The van der Waals surface area contributed by atoms with E-state index in [9.17, 15) is 8.78 Å². The summed E-state index contributed by atoms with van der Waals surface area (Å²) in [6.07, 6.45) is 12.7. The van der Waals surface area contributed by atoms with Crippen LogP contribution < -0.4 is 0 Å². The van der Waals surface area contributed by atoms with Crippen molar-refractivity contribution < 1.29 is 8.78 Å². The summed E-state index contributed by atoms with van der Waals surface area (Å²) >= 11 is 0. The van der Waals surface area contributed by atoms with E-state index >= 15 is 0 Å². The molecule has 0 aliphatic heterocycles. The van der Waals surface area contributed by atoms with Gasteiger partial charge in [-0.2, -0.15) is 0 Å². The van der Waals surface area contributed by atoms with Gasteiger partial charge in [0.1, 0.15) is 0 Å². The Morgan fingerprint density at radius 3 is 2.36 bits per heavy atom. The zero-order chi connectivity index (χ0) is 15.7. The second-order valence-electron chi connectivity index (χ2n) is 7.24. The summed E-state index contributed by atoms with van der Waals surface area (Å²) in [5.74, 6) is 0.00157. The van der Waals surface area contributed by atoms with E-state index in [1.165, 1.54) is 43.4 Å². The molecule has 2 heteroatoms. The second kappa shape index (κ2) is 5.98. The first-order valence-electron chi connectivity index (χ1n) is 8.33. The standard InChI is InChI=1S/C20H24F2/c1-14-3-5-15(6-4-14)16-9-11-20(2,12-10-16)17-7-8-18(21)19(22)13-17/h7-11,13-15H,3-6,12H2,1-2H3. The van der Waals surface area contributed by atoms with E-state index in [-0.39, 0.29) is 5.41 Å². The van der Waals surface area contributed by atoms with Crippen molar-refractivity contribution >= 4 is 0 Å². The average Bonchev–Trinajstić information content (AvgIpc) is 2.52. The highest BCUT2D eigenvalue weighted by atomic mass is 19.2. The molecule has 0 bridgehead atoms. The number of hydrogen-bond donors (Lipinski definition) is 0. The Morgan fingerprint density at radius 2 is 1.77 bits per heavy atom. The smallest absolute Gasteiger partial charge is 0.159 e. The molecule has 1 aromatic rings. The van der Waals surface area contributed by atoms with Gasteiger partial charge < -0.3 is 0 Å². The molecule has 0 radical (unpaired) electrons. The molecule has 1 unspecified atom stereocenters. The summed E-state index contributed by atoms with van der Waals surface area (Å²) in [5.41, 5.74) is 2.04. The lowest BCUT2D eigenvalue weighted by Crippen LogP contribution is -2.23. The molecule has 0 aromatic heterocycles. The van der Waals surface area contributed by atoms with Crippen LogP contribution in [-0.4, -0.2) is 0 Å². The Bertz CT molecular complexity index is 606. The maximum Gasteiger partial charge on any atom is 0.159 e. The zero-order valence-corrected chi connectivity index (χ0v) is 13.4. The lowest BCUT2D eigenvalue weighted by atomic mass is 9.72. The number of hydrogen-bond acceptors (Lipinski definition) is 0. The van der Waals surface area contributed by atoms with Gasteiger partial charge in [-0.15, -0.1) is 0 Å². The highest BCUT2D eigenvalue weighted by Gasteiger charge is 2.28. The molecule has 1 aromatic carbocycles. The van der Waals surface area contributed by atoms with Gasteiger partial charge in [0.25, 0.3) is 0 Å². The molecule has 1 fully saturated rings. The van der Waals surface area contributed by atoms with Crippen molar-refractivity contribution in [3.8, 4) is 0 Å². The van der Waals surface area contributed by atoms with Crippen molar-refractivity contribution in [2.75, 3.05) is 0 Å². The minimum Gasteiger partial charge on any atom is -0.204 e. The molecule has 2 aliphatic carbocycles. The van der Waals surface area contributed by atoms with Gasteiger partial charge in [0.15, 0.2) is 11.6 Å². The summed E-state index contributed by atoms with van der Waals surface area (Å²) in [5, 5.41) is 0. The number of allylic oxidation sites excluding steroid dienone is 4. The number of benzene rings is 1. The largest absolute Gasteiger partial charge is 0.204 e. The molecule has 0 heterocycles. The summed E-state index contributed by atoms with van der Waals surface area (Å²) in [4.78, 5) is 0. The predicted octanol–water partition coefficient (Wildman–Crippen LogP) is 5.94. The number of halogens is 2. The van der Waals surface area contributed by atoms with Crippen LogP contribution in [0.5, 0.6) is 0 Å². The minimum atomic E-state index is -0.778. The molecular weight excluding hydrogens is 278 g/mol. The first kappa shape index (κ1) is 15.5. The molecule has 22 heavy (non-hydrogen) atoms. The van der Waals surface area contributed by atoms with Crippen LogP contribution in [0.25, 0.3) is 0 Å². The molecule has 118 valence electrons. The molecule has 3 rings (SSSR count). The second-order valence-corrected chi connectivity index (χ2v) is 7.24. The van der Waals surface area contributed by atoms with Gasteiger partial charge in [-0.3, -0.25) is 0 Å². The Morgan fingerprint density at radius 1 is 1.05 bits per heavy atom. The van der Waals surface area contributed by atoms with Gasteiger partial charge in [-0.25, -0.2) is 8.78 Å². The van der Waals surface area contributed by atoms with E-state index in [1.54, 1.807) is 6.07 Å². The SMILES string of the molecule is CC1CCC(C2=CCC(C)(c3ccc(F)c(F)c3)C=C2)CC1. The predicted molar refractivity (Wildman–Crippen MR) is 86.7 cm³/mol. The topological polar surface area (TPSA) is 0 Å². The van der Waals surface area contributed by atoms with Crippen LogP contribution in [-0.2, 0) is 5.41 Å². The highest BCUT2D eigenvalue weighted by Crippen LogP contribution is 2.39. The number of rotatable bonds is 2. The molecule has 1 saturated carbocycles. The van der Waals surface area contributed by atoms with Crippen LogP contribution in [0, 0.1) is 23.5 Å². The normalized spacial score (nSPS) is 31.9. The van der Waals surface area contributed by atoms with E-state index in [4.69, 9.17) is 0 Å². The minimum absolute atomic E-state index is 0.236. The lowest BCUT2D eigenvalue weighted by molar-refractivity contribution is 0.322. The molecule has 0 N–H and O–H groups in total. The van der Waals surface area contributed by atoms with Gasteiger partial charge >= 0.3 is 0 Å². The van der Waals surface area contributed by atoms with Gasteiger partial charge in [-0.05, 0) is 54.4 Å². The maximum atomic E-state index is 13.5. The van der Waals surface area contributed by atoms with Crippen LogP contribution >= 0.6 is 0 Å². The van der Waals surface area contributed by atoms with Gasteiger partial charge in [-0.1, -0.05) is 51.0 Å². The van der Waals surface area contributed by atoms with Crippen molar-refractivity contribution in [1.82, 2.24) is 0 Å². The molecule has 0 nitrogen and oxygen atoms in total. The Kier molecular flexibility index (Phi) is 4.20. The van der Waals surface area contributed by atoms with E-state index in [0.717, 1.165) is 17.9 Å². The van der Waals surface area contributed by atoms with E-state index in [2.05, 4.69) is 32.1 Å². The molecule has 0 amide bonds. The van der Waals surface area contributed by atoms with Gasteiger partial charge in [0.05, 0.1) is 0 Å². The van der Waals surface area contributed by atoms with Crippen LogP contribution in [0.15, 0.2) is 42.0 Å². The third kappa shape index (κ3) is 3.02. The van der Waals surface area contributed by atoms with Crippen molar-refractivity contribution in [2.24, 2.45) is 11.8 Å². The van der Waals surface area contributed by atoms with E-state index in [1.807, 2.05) is 0 Å². The summed E-state index contributed by atoms with van der Waals surface area (Å²) in [6.45, 7) is 4.42. The fourth-order valence-electron chi connectivity index (χ4n) is 3.71. The van der Waals surface area contributed by atoms with Crippen molar-refractivity contribution in [3.05, 3.63) is 59.2 Å². The van der Waals surface area contributed by atoms with Crippen LogP contribution in [0.3, 0.4) is 0 Å². The van der Waals surface area contributed by atoms with Crippen molar-refractivity contribution in [3.63, 3.8) is 0 Å². The Balaban J connectivity index is 1.74. The highest BCUT2D eigenvalue weighted by molar-refractivity contribution is 5.39. The van der Waals surface area contributed by atoms with Crippen LogP contribution in [0.2, 0.25) is 0 Å². The maximum absolute atomic E-state index is 13.5. The summed E-state index contributed by atoms with van der Waals surface area (Å²) in [7, 11) is 0. The molecule has 1 atom stereocenters. The van der Waals surface area contributed by atoms with Crippen molar-refractivity contribution in [1.29, 1.82) is 0 Å². The third-order valence-electron chi connectivity index (χ3n) is 5.47.